The summed E-state index contributed by atoms with van der Waals surface area (Å²) in [4.78, 5) is 0. The maximum atomic E-state index is 9.20. The van der Waals surface area contributed by atoms with E-state index in [1.54, 1.807) is 0 Å². The van der Waals surface area contributed by atoms with Crippen molar-refractivity contribution >= 4 is 58.0 Å². The molecule has 0 aliphatic heterocycles. The minimum atomic E-state index is -0.363. The standard InChI is InChI=1S/C6HCl5O.C4H6O/c7-1-2(8)4(10)6(12)5(11)3(1)9;1-3-5-4-2/h12H;3-4H,1-2H2. The van der Waals surface area contributed by atoms with E-state index in [1.165, 1.54) is 12.5 Å². The van der Waals surface area contributed by atoms with Crippen molar-refractivity contribution in [3.8, 4) is 5.75 Å². The van der Waals surface area contributed by atoms with Gasteiger partial charge in [-0.2, -0.15) is 0 Å². The Hall–Kier alpha value is -0.250. The van der Waals surface area contributed by atoms with Crippen LogP contribution in [0.15, 0.2) is 25.7 Å². The number of phenolic OH excluding ortho intramolecular Hbond substituents is 1. The van der Waals surface area contributed by atoms with E-state index < -0.39 is 0 Å². The van der Waals surface area contributed by atoms with Crippen molar-refractivity contribution in [3.05, 3.63) is 50.8 Å². The molecule has 0 amide bonds. The minimum absolute atomic E-state index is 0.00904. The Morgan fingerprint density at radius 1 is 0.765 bits per heavy atom. The van der Waals surface area contributed by atoms with Crippen LogP contribution in [0.4, 0.5) is 0 Å². The van der Waals surface area contributed by atoms with Gasteiger partial charge in [0.25, 0.3) is 0 Å². The number of phenols is 1. The molecule has 0 fully saturated rings. The van der Waals surface area contributed by atoms with E-state index in [-0.39, 0.29) is 30.9 Å². The van der Waals surface area contributed by atoms with Crippen LogP contribution in [0, 0.1) is 0 Å². The summed E-state index contributed by atoms with van der Waals surface area (Å²) in [6.07, 6.45) is 2.62. The Bertz CT molecular complexity index is 320. The highest BCUT2D eigenvalue weighted by Gasteiger charge is 2.18. The molecule has 7 heteroatoms. The average molecular weight is 336 g/mol. The quantitative estimate of drug-likeness (QED) is 0.411. The first-order valence-electron chi connectivity index (χ1n) is 3.96. The molecule has 0 atom stereocenters. The van der Waals surface area contributed by atoms with Gasteiger partial charge in [0.2, 0.25) is 0 Å². The molecule has 0 aliphatic carbocycles. The SMILES string of the molecule is C=COC=C.Oc1c(Cl)c(Cl)c(Cl)c(Cl)c1Cl. The number of benzene rings is 1. The van der Waals surface area contributed by atoms with Gasteiger partial charge >= 0.3 is 0 Å². The first kappa shape index (κ1) is 16.8. The third-order valence-corrected chi connectivity index (χ3v) is 3.64. The summed E-state index contributed by atoms with van der Waals surface area (Å²) >= 11 is 27.9. The molecule has 2 nitrogen and oxygen atoms in total. The highest BCUT2D eigenvalue weighted by molar-refractivity contribution is 6.55. The van der Waals surface area contributed by atoms with Crippen LogP contribution in [-0.4, -0.2) is 5.11 Å². The van der Waals surface area contributed by atoms with E-state index in [9.17, 15) is 5.11 Å². The molecule has 0 radical (unpaired) electrons. The van der Waals surface area contributed by atoms with Crippen molar-refractivity contribution < 1.29 is 9.84 Å². The molecule has 0 aromatic heterocycles. The summed E-state index contributed by atoms with van der Waals surface area (Å²) in [6, 6.07) is 0. The van der Waals surface area contributed by atoms with E-state index in [4.69, 9.17) is 58.0 Å². The minimum Gasteiger partial charge on any atom is -0.505 e. The molecule has 0 heterocycles. The molecule has 0 saturated carbocycles. The molecule has 1 aromatic carbocycles. The number of aromatic hydroxyl groups is 1. The Labute approximate surface area is 124 Å². The van der Waals surface area contributed by atoms with Crippen LogP contribution in [0.2, 0.25) is 25.1 Å². The van der Waals surface area contributed by atoms with Crippen LogP contribution in [0.3, 0.4) is 0 Å². The van der Waals surface area contributed by atoms with Gasteiger partial charge < -0.3 is 9.84 Å². The van der Waals surface area contributed by atoms with Crippen molar-refractivity contribution in [2.24, 2.45) is 0 Å². The monoisotopic (exact) mass is 334 g/mol. The van der Waals surface area contributed by atoms with E-state index in [0.29, 0.717) is 0 Å². The van der Waals surface area contributed by atoms with E-state index in [1.807, 2.05) is 0 Å². The second kappa shape index (κ2) is 7.96. The summed E-state index contributed by atoms with van der Waals surface area (Å²) in [7, 11) is 0. The van der Waals surface area contributed by atoms with Crippen LogP contribution >= 0.6 is 58.0 Å². The van der Waals surface area contributed by atoms with E-state index >= 15 is 0 Å². The van der Waals surface area contributed by atoms with E-state index in [2.05, 4.69) is 17.9 Å². The molecule has 94 valence electrons. The lowest BCUT2D eigenvalue weighted by atomic mass is 10.3. The van der Waals surface area contributed by atoms with Crippen LogP contribution in [0.1, 0.15) is 0 Å². The lowest BCUT2D eigenvalue weighted by Gasteiger charge is -2.06. The van der Waals surface area contributed by atoms with Crippen LogP contribution in [-0.2, 0) is 4.74 Å². The summed E-state index contributed by atoms with van der Waals surface area (Å²) in [5.74, 6) is -0.363. The zero-order valence-corrected chi connectivity index (χ0v) is 12.1. The van der Waals surface area contributed by atoms with Gasteiger partial charge in [0.05, 0.1) is 27.6 Å². The first-order chi connectivity index (χ1) is 7.88. The fourth-order valence-corrected chi connectivity index (χ4v) is 1.79. The number of rotatable bonds is 2. The van der Waals surface area contributed by atoms with Crippen molar-refractivity contribution in [2.45, 2.75) is 0 Å². The summed E-state index contributed by atoms with van der Waals surface area (Å²) in [5.41, 5.74) is 0. The molecule has 1 rings (SSSR count). The average Bonchev–Trinajstić information content (AvgIpc) is 2.33. The maximum absolute atomic E-state index is 9.20. The Balaban J connectivity index is 0.000000437. The lowest BCUT2D eigenvalue weighted by Crippen LogP contribution is -1.78. The molecule has 17 heavy (non-hydrogen) atoms. The predicted octanol–water partition coefficient (Wildman–Crippen LogP) is 5.95. The van der Waals surface area contributed by atoms with Gasteiger partial charge in [-0.05, 0) is 0 Å². The van der Waals surface area contributed by atoms with Crippen LogP contribution in [0.25, 0.3) is 0 Å². The zero-order valence-electron chi connectivity index (χ0n) is 8.31. The molecule has 0 saturated heterocycles. The van der Waals surface area contributed by atoms with Crippen molar-refractivity contribution in [1.29, 1.82) is 0 Å². The number of hydrogen-bond donors (Lipinski definition) is 1. The molecule has 0 aliphatic rings. The second-order valence-corrected chi connectivity index (χ2v) is 4.28. The molecular weight excluding hydrogens is 329 g/mol. The highest BCUT2D eigenvalue weighted by Crippen LogP contribution is 2.47. The third kappa shape index (κ3) is 4.49. The fourth-order valence-electron chi connectivity index (χ4n) is 0.661. The topological polar surface area (TPSA) is 29.5 Å². The molecule has 1 aromatic rings. The van der Waals surface area contributed by atoms with Crippen molar-refractivity contribution in [1.82, 2.24) is 0 Å². The van der Waals surface area contributed by atoms with Gasteiger partial charge in [-0.3, -0.25) is 0 Å². The van der Waals surface area contributed by atoms with Crippen LogP contribution in [0.5, 0.6) is 5.75 Å². The third-order valence-electron chi connectivity index (χ3n) is 1.38. The smallest absolute Gasteiger partial charge is 0.155 e. The summed E-state index contributed by atoms with van der Waals surface area (Å²) in [6.45, 7) is 6.51. The summed E-state index contributed by atoms with van der Waals surface area (Å²) < 4.78 is 4.36. The molecule has 0 bridgehead atoms. The normalized spacial score (nSPS) is 9.00. The molecule has 1 N–H and O–H groups in total. The molecule has 0 spiro atoms. The number of halogens is 5. The van der Waals surface area contributed by atoms with Crippen LogP contribution < -0.4 is 0 Å². The van der Waals surface area contributed by atoms with Gasteiger partial charge in [-0.1, -0.05) is 71.2 Å². The Kier molecular flexibility index (Phi) is 7.84. The number of hydrogen-bond acceptors (Lipinski definition) is 2. The Morgan fingerprint density at radius 2 is 1.06 bits per heavy atom. The molecule has 0 unspecified atom stereocenters. The largest absolute Gasteiger partial charge is 0.505 e. The highest BCUT2D eigenvalue weighted by atomic mass is 35.5. The first-order valence-corrected chi connectivity index (χ1v) is 5.85. The summed E-state index contributed by atoms with van der Waals surface area (Å²) in [5, 5.41) is 9.01. The van der Waals surface area contributed by atoms with Crippen molar-refractivity contribution in [3.63, 3.8) is 0 Å². The van der Waals surface area contributed by atoms with Gasteiger partial charge in [-0.25, -0.2) is 0 Å². The Morgan fingerprint density at radius 3 is 1.29 bits per heavy atom. The van der Waals surface area contributed by atoms with Crippen molar-refractivity contribution in [2.75, 3.05) is 0 Å². The zero-order chi connectivity index (χ0) is 13.6. The maximum Gasteiger partial charge on any atom is 0.155 e. The number of ether oxygens (including phenoxy) is 1. The van der Waals surface area contributed by atoms with Gasteiger partial charge in [0.15, 0.2) is 5.75 Å². The predicted molar refractivity (Wildman–Crippen MR) is 74.6 cm³/mol. The molecular formula is C10H7Cl5O2. The van der Waals surface area contributed by atoms with Gasteiger partial charge in [0, 0.05) is 0 Å². The fraction of sp³-hybridized carbons (Fsp3) is 0. The van der Waals surface area contributed by atoms with Gasteiger partial charge in [0.1, 0.15) is 10.0 Å². The second-order valence-electron chi connectivity index (χ2n) is 2.39. The van der Waals surface area contributed by atoms with Gasteiger partial charge in [-0.15, -0.1) is 0 Å². The van der Waals surface area contributed by atoms with E-state index in [0.717, 1.165) is 0 Å². The lowest BCUT2D eigenvalue weighted by molar-refractivity contribution is 0.406.